The van der Waals surface area contributed by atoms with Crippen molar-refractivity contribution < 1.29 is 19.5 Å². The fraction of sp³-hybridized carbons (Fsp3) is 0.800. The second-order valence-electron chi connectivity index (χ2n) is 6.66. The van der Waals surface area contributed by atoms with E-state index in [1.807, 2.05) is 0 Å². The summed E-state index contributed by atoms with van der Waals surface area (Å²) in [6.45, 7) is 5.04. The molecule has 6 nitrogen and oxygen atoms in total. The van der Waals surface area contributed by atoms with Crippen LogP contribution < -0.4 is 5.32 Å². The highest BCUT2D eigenvalue weighted by Gasteiger charge is 2.32. The molecule has 2 N–H and O–H groups in total. The molecule has 0 aromatic rings. The number of aliphatic carboxylic acids is 1. The molecule has 2 atom stereocenters. The topological polar surface area (TPSA) is 86.7 Å². The van der Waals surface area contributed by atoms with Crippen molar-refractivity contribution in [2.75, 3.05) is 7.05 Å². The van der Waals surface area contributed by atoms with Gasteiger partial charge in [0.25, 0.3) is 0 Å². The smallest absolute Gasteiger partial charge is 0.324 e. The molecule has 1 fully saturated rings. The van der Waals surface area contributed by atoms with E-state index in [9.17, 15) is 14.4 Å². The molecule has 0 aromatic heterocycles. The summed E-state index contributed by atoms with van der Waals surface area (Å²) in [6, 6.07) is -0.307. The van der Waals surface area contributed by atoms with Crippen molar-refractivity contribution >= 4 is 17.9 Å². The molecule has 1 aliphatic rings. The summed E-state index contributed by atoms with van der Waals surface area (Å²) < 4.78 is 0. The maximum absolute atomic E-state index is 12.1. The first-order valence-corrected chi connectivity index (χ1v) is 7.45. The largest absolute Gasteiger partial charge is 0.481 e. The van der Waals surface area contributed by atoms with Crippen LogP contribution in [0.25, 0.3) is 0 Å². The van der Waals surface area contributed by atoms with Crippen LogP contribution in [-0.2, 0) is 9.59 Å². The Kier molecular flexibility index (Phi) is 5.75. The van der Waals surface area contributed by atoms with Gasteiger partial charge in [-0.3, -0.25) is 14.9 Å². The van der Waals surface area contributed by atoms with Gasteiger partial charge in [0.05, 0.1) is 5.41 Å². The summed E-state index contributed by atoms with van der Waals surface area (Å²) in [5.74, 6) is -1.19. The third kappa shape index (κ3) is 4.72. The lowest BCUT2D eigenvalue weighted by atomic mass is 9.85. The molecule has 21 heavy (non-hydrogen) atoms. The van der Waals surface area contributed by atoms with E-state index < -0.39 is 23.3 Å². The molecule has 0 heterocycles. The highest BCUT2D eigenvalue weighted by Crippen LogP contribution is 2.27. The first-order valence-electron chi connectivity index (χ1n) is 7.45. The number of carbonyl (C=O) groups is 3. The Morgan fingerprint density at radius 2 is 1.81 bits per heavy atom. The van der Waals surface area contributed by atoms with E-state index in [2.05, 4.69) is 12.2 Å². The van der Waals surface area contributed by atoms with Crippen LogP contribution in [0.1, 0.15) is 52.9 Å². The van der Waals surface area contributed by atoms with Crippen LogP contribution in [0.2, 0.25) is 0 Å². The highest BCUT2D eigenvalue weighted by molar-refractivity contribution is 5.96. The molecule has 0 saturated heterocycles. The van der Waals surface area contributed by atoms with Crippen molar-refractivity contribution in [1.29, 1.82) is 0 Å². The Bertz CT molecular complexity index is 420. The number of hydrogen-bond acceptors (Lipinski definition) is 3. The molecule has 0 radical (unpaired) electrons. The van der Waals surface area contributed by atoms with E-state index in [0.29, 0.717) is 5.92 Å². The molecule has 3 amide bonds. The highest BCUT2D eigenvalue weighted by atomic mass is 16.4. The molecule has 2 unspecified atom stereocenters. The first kappa shape index (κ1) is 17.5. The summed E-state index contributed by atoms with van der Waals surface area (Å²) >= 11 is 0. The minimum atomic E-state index is -1.18. The van der Waals surface area contributed by atoms with Gasteiger partial charge in [-0.15, -0.1) is 0 Å². The number of nitrogens with zero attached hydrogens (tertiary/aromatic N) is 1. The lowest BCUT2D eigenvalue weighted by molar-refractivity contribution is -0.149. The number of hydrogen-bond donors (Lipinski definition) is 2. The fourth-order valence-corrected chi connectivity index (χ4v) is 2.75. The Labute approximate surface area is 125 Å². The van der Waals surface area contributed by atoms with Gasteiger partial charge >= 0.3 is 12.0 Å². The summed E-state index contributed by atoms with van der Waals surface area (Å²) in [4.78, 5) is 36.5. The molecule has 0 spiro atoms. The Hall–Kier alpha value is -1.59. The number of urea groups is 1. The fourth-order valence-electron chi connectivity index (χ4n) is 2.75. The number of rotatable bonds is 4. The van der Waals surface area contributed by atoms with Crippen LogP contribution in [-0.4, -0.2) is 41.0 Å². The number of carboxylic acids is 1. The zero-order chi connectivity index (χ0) is 16.2. The maximum atomic E-state index is 12.1. The van der Waals surface area contributed by atoms with Crippen LogP contribution in [0.5, 0.6) is 0 Å². The summed E-state index contributed by atoms with van der Waals surface area (Å²) in [7, 11) is 1.69. The van der Waals surface area contributed by atoms with E-state index in [-0.39, 0.29) is 12.5 Å². The second kappa shape index (κ2) is 6.91. The predicted molar refractivity (Wildman–Crippen MR) is 78.8 cm³/mol. The van der Waals surface area contributed by atoms with E-state index >= 15 is 0 Å². The zero-order valence-electron chi connectivity index (χ0n) is 13.3. The molecule has 1 rings (SSSR count). The second-order valence-corrected chi connectivity index (χ2v) is 6.66. The molecule has 0 bridgehead atoms. The third-order valence-corrected chi connectivity index (χ3v) is 4.31. The van der Waals surface area contributed by atoms with Crippen molar-refractivity contribution in [3.63, 3.8) is 0 Å². The number of imide groups is 1. The van der Waals surface area contributed by atoms with Crippen molar-refractivity contribution in [2.24, 2.45) is 11.3 Å². The van der Waals surface area contributed by atoms with Crippen molar-refractivity contribution in [2.45, 2.75) is 58.9 Å². The number of amides is 3. The summed E-state index contributed by atoms with van der Waals surface area (Å²) in [6.07, 6.45) is 4.08. The average Bonchev–Trinajstić information content (AvgIpc) is 2.37. The molecular formula is C15H26N2O4. The van der Waals surface area contributed by atoms with E-state index in [0.717, 1.165) is 19.3 Å². The first-order chi connectivity index (χ1) is 9.65. The van der Waals surface area contributed by atoms with Gasteiger partial charge in [-0.2, -0.15) is 0 Å². The van der Waals surface area contributed by atoms with Gasteiger partial charge in [0.2, 0.25) is 5.91 Å². The van der Waals surface area contributed by atoms with Crippen LogP contribution in [0.3, 0.4) is 0 Å². The van der Waals surface area contributed by atoms with E-state index in [4.69, 9.17) is 5.11 Å². The normalized spacial score (nSPS) is 22.5. The van der Waals surface area contributed by atoms with Gasteiger partial charge in [0.1, 0.15) is 0 Å². The molecule has 1 saturated carbocycles. The Morgan fingerprint density at radius 3 is 2.33 bits per heavy atom. The van der Waals surface area contributed by atoms with Gasteiger partial charge < -0.3 is 10.0 Å². The molecule has 1 aliphatic carbocycles. The van der Waals surface area contributed by atoms with Crippen molar-refractivity contribution in [3.8, 4) is 0 Å². The van der Waals surface area contributed by atoms with Gasteiger partial charge in [-0.1, -0.05) is 19.8 Å². The molecule has 6 heteroatoms. The van der Waals surface area contributed by atoms with Gasteiger partial charge in [-0.05, 0) is 32.6 Å². The van der Waals surface area contributed by atoms with Crippen LogP contribution in [0.4, 0.5) is 4.79 Å². The SMILES string of the molecule is CC1CCCCC1N(C)C(=O)NC(=O)CC(C)(C)C(=O)O. The number of carboxylic acid groups (broad SMARTS) is 1. The third-order valence-electron chi connectivity index (χ3n) is 4.31. The van der Waals surface area contributed by atoms with Crippen LogP contribution in [0.15, 0.2) is 0 Å². The quantitative estimate of drug-likeness (QED) is 0.833. The average molecular weight is 298 g/mol. The monoisotopic (exact) mass is 298 g/mol. The predicted octanol–water partition coefficient (Wildman–Crippen LogP) is 2.23. The van der Waals surface area contributed by atoms with Gasteiger partial charge in [-0.25, -0.2) is 4.79 Å². The van der Waals surface area contributed by atoms with E-state index in [1.54, 1.807) is 11.9 Å². The standard InChI is InChI=1S/C15H26N2O4/c1-10-7-5-6-8-11(10)17(4)14(21)16-12(18)9-15(2,3)13(19)20/h10-11H,5-9H2,1-4H3,(H,19,20)(H,16,18,21). The van der Waals surface area contributed by atoms with Crippen LogP contribution in [0, 0.1) is 11.3 Å². The molecule has 0 aromatic carbocycles. The van der Waals surface area contributed by atoms with Gasteiger partial charge in [0.15, 0.2) is 0 Å². The lowest BCUT2D eigenvalue weighted by Gasteiger charge is -2.36. The van der Waals surface area contributed by atoms with Crippen molar-refractivity contribution in [1.82, 2.24) is 10.2 Å². The molecule has 0 aliphatic heterocycles. The minimum Gasteiger partial charge on any atom is -0.481 e. The Balaban J connectivity index is 2.55. The zero-order valence-corrected chi connectivity index (χ0v) is 13.3. The number of nitrogens with one attached hydrogen (secondary N) is 1. The summed E-state index contributed by atoms with van der Waals surface area (Å²) in [5, 5.41) is 11.3. The lowest BCUT2D eigenvalue weighted by Crippen LogP contribution is -2.49. The molecule has 120 valence electrons. The maximum Gasteiger partial charge on any atom is 0.324 e. The molecular weight excluding hydrogens is 272 g/mol. The minimum absolute atomic E-state index is 0.138. The van der Waals surface area contributed by atoms with Crippen molar-refractivity contribution in [3.05, 3.63) is 0 Å². The Morgan fingerprint density at radius 1 is 1.24 bits per heavy atom. The summed E-state index contributed by atoms with van der Waals surface area (Å²) in [5.41, 5.74) is -1.18. The van der Waals surface area contributed by atoms with Gasteiger partial charge in [0, 0.05) is 19.5 Å². The number of carbonyl (C=O) groups excluding carboxylic acids is 2. The van der Waals surface area contributed by atoms with Crippen LogP contribution >= 0.6 is 0 Å². The van der Waals surface area contributed by atoms with E-state index in [1.165, 1.54) is 20.3 Å².